The molecule has 11 heteroatoms. The molecular weight excluding hydrogens is 528 g/mol. The van der Waals surface area contributed by atoms with E-state index in [-0.39, 0.29) is 36.1 Å². The molecule has 5 rings (SSSR count). The highest BCUT2D eigenvalue weighted by Gasteiger charge is 2.56. The molecule has 0 bridgehead atoms. The van der Waals surface area contributed by atoms with Gasteiger partial charge in [-0.05, 0) is 41.7 Å². The molecule has 200 valence electrons. The molecule has 3 atom stereocenters. The molecule has 3 heterocycles. The summed E-state index contributed by atoms with van der Waals surface area (Å²) in [6.45, 7) is -0.0475. The van der Waals surface area contributed by atoms with Gasteiger partial charge in [-0.2, -0.15) is 0 Å². The van der Waals surface area contributed by atoms with Crippen LogP contribution in [0.15, 0.2) is 65.9 Å². The first-order valence-electron chi connectivity index (χ1n) is 12.3. The number of carbonyl (C=O) groups excluding carboxylic acids is 3. The molecule has 2 fully saturated rings. The van der Waals surface area contributed by atoms with Gasteiger partial charge in [0.05, 0.1) is 24.5 Å². The second kappa shape index (κ2) is 10.8. The van der Waals surface area contributed by atoms with E-state index >= 15 is 0 Å². The topological polar surface area (TPSA) is 119 Å². The Morgan fingerprint density at radius 2 is 1.82 bits per heavy atom. The summed E-state index contributed by atoms with van der Waals surface area (Å²) in [5.74, 6) is -0.522. The summed E-state index contributed by atoms with van der Waals surface area (Å²) in [5.41, 5.74) is 1.95. The Balaban J connectivity index is 1.36. The van der Waals surface area contributed by atoms with Crippen molar-refractivity contribution < 1.29 is 32.3 Å². The van der Waals surface area contributed by atoms with Crippen molar-refractivity contribution >= 4 is 39.4 Å². The van der Waals surface area contributed by atoms with Crippen molar-refractivity contribution in [3.63, 3.8) is 0 Å². The lowest BCUT2D eigenvalue weighted by Gasteiger charge is -2.50. The zero-order valence-electron chi connectivity index (χ0n) is 20.8. The predicted molar refractivity (Wildman–Crippen MR) is 142 cm³/mol. The van der Waals surface area contributed by atoms with Crippen LogP contribution in [0.2, 0.25) is 0 Å². The van der Waals surface area contributed by atoms with E-state index in [1.54, 1.807) is 31.4 Å². The first-order chi connectivity index (χ1) is 18.3. The van der Waals surface area contributed by atoms with E-state index in [4.69, 9.17) is 9.47 Å². The fourth-order valence-corrected chi connectivity index (χ4v) is 8.54. The zero-order chi connectivity index (χ0) is 26.9. The van der Waals surface area contributed by atoms with Crippen LogP contribution in [0.3, 0.4) is 0 Å². The quantitative estimate of drug-likeness (QED) is 0.388. The van der Waals surface area contributed by atoms with E-state index in [2.05, 4.69) is 5.32 Å². The fourth-order valence-electron chi connectivity index (χ4n) is 5.01. The van der Waals surface area contributed by atoms with E-state index in [0.717, 1.165) is 11.1 Å². The van der Waals surface area contributed by atoms with E-state index in [0.29, 0.717) is 24.2 Å². The predicted octanol–water partition coefficient (Wildman–Crippen LogP) is 2.21. The number of ether oxygens (including phenoxy) is 2. The number of β-lactam (4-membered cyclic amide) rings is 1. The average molecular weight is 557 g/mol. The number of hydrogen-bond donors (Lipinski definition) is 1. The van der Waals surface area contributed by atoms with Crippen molar-refractivity contribution in [2.45, 2.75) is 42.5 Å². The molecule has 1 N–H and O–H groups in total. The number of carbonyl (C=O) groups is 3. The number of nitrogens with zero attached hydrogens (tertiary/aromatic N) is 1. The number of thioether (sulfide) groups is 1. The van der Waals surface area contributed by atoms with Crippen LogP contribution in [0.5, 0.6) is 5.75 Å². The second-order valence-electron chi connectivity index (χ2n) is 9.41. The molecule has 9 nitrogen and oxygen atoms in total. The number of sulfone groups is 1. The molecule has 3 aliphatic heterocycles. The number of esters is 1. The zero-order valence-corrected chi connectivity index (χ0v) is 22.4. The van der Waals surface area contributed by atoms with Crippen molar-refractivity contribution in [1.82, 2.24) is 10.2 Å². The van der Waals surface area contributed by atoms with Crippen molar-refractivity contribution in [2.75, 3.05) is 18.6 Å². The van der Waals surface area contributed by atoms with Gasteiger partial charge in [-0.25, -0.2) is 13.2 Å². The Labute approximate surface area is 225 Å². The monoisotopic (exact) mass is 556 g/mol. The summed E-state index contributed by atoms with van der Waals surface area (Å²) >= 11 is 1.35. The molecule has 2 saturated heterocycles. The average Bonchev–Trinajstić information content (AvgIpc) is 3.28. The summed E-state index contributed by atoms with van der Waals surface area (Å²) in [5, 5.41) is 1.45. The van der Waals surface area contributed by atoms with E-state index < -0.39 is 38.4 Å². The fraction of sp³-hybridized carbons (Fsp3) is 0.370. The second-order valence-corrected chi connectivity index (χ2v) is 12.8. The lowest BCUT2D eigenvalue weighted by Crippen LogP contribution is -2.71. The molecule has 0 spiro atoms. The smallest absolute Gasteiger partial charge is 0.355 e. The summed E-state index contributed by atoms with van der Waals surface area (Å²) < 4.78 is 36.3. The first kappa shape index (κ1) is 26.3. The Kier molecular flexibility index (Phi) is 7.49. The minimum absolute atomic E-state index is 0.00343. The Morgan fingerprint density at radius 1 is 1.08 bits per heavy atom. The van der Waals surface area contributed by atoms with Gasteiger partial charge in [-0.1, -0.05) is 42.5 Å². The van der Waals surface area contributed by atoms with Gasteiger partial charge in [0.25, 0.3) is 5.91 Å². The third-order valence-electron chi connectivity index (χ3n) is 6.96. The normalized spacial score (nSPS) is 23.9. The number of rotatable bonds is 8. The number of hydrogen-bond acceptors (Lipinski definition) is 8. The molecule has 3 aliphatic rings. The van der Waals surface area contributed by atoms with Crippen LogP contribution in [0.1, 0.15) is 24.0 Å². The molecule has 1 unspecified atom stereocenters. The van der Waals surface area contributed by atoms with Crippen LogP contribution in [0, 0.1) is 0 Å². The van der Waals surface area contributed by atoms with Gasteiger partial charge in [0, 0.05) is 5.75 Å². The highest BCUT2D eigenvalue weighted by atomic mass is 32.2. The van der Waals surface area contributed by atoms with Gasteiger partial charge in [-0.3, -0.25) is 14.5 Å². The maximum absolute atomic E-state index is 13.4. The Bertz CT molecular complexity index is 1370. The largest absolute Gasteiger partial charge is 0.497 e. The van der Waals surface area contributed by atoms with E-state index in [1.807, 2.05) is 30.3 Å². The molecule has 0 aromatic heterocycles. The van der Waals surface area contributed by atoms with Gasteiger partial charge in [0.1, 0.15) is 29.5 Å². The van der Waals surface area contributed by atoms with E-state index in [1.165, 1.54) is 16.7 Å². The highest BCUT2D eigenvalue weighted by Crippen LogP contribution is 2.44. The first-order valence-corrected chi connectivity index (χ1v) is 15.1. The van der Waals surface area contributed by atoms with Gasteiger partial charge in [-0.15, -0.1) is 11.8 Å². The van der Waals surface area contributed by atoms with Crippen molar-refractivity contribution in [2.24, 2.45) is 0 Å². The summed E-state index contributed by atoms with van der Waals surface area (Å²) in [6.07, 6.45) is 1.03. The maximum atomic E-state index is 13.4. The minimum Gasteiger partial charge on any atom is -0.497 e. The maximum Gasteiger partial charge on any atom is 0.355 e. The van der Waals surface area contributed by atoms with Crippen LogP contribution in [0.4, 0.5) is 0 Å². The molecular formula is C27H28N2O7S2. The molecule has 0 saturated carbocycles. The summed E-state index contributed by atoms with van der Waals surface area (Å²) in [6, 6.07) is 15.4. The minimum atomic E-state index is -3.43. The van der Waals surface area contributed by atoms with Crippen molar-refractivity contribution in [3.8, 4) is 5.75 Å². The molecule has 2 aromatic carbocycles. The third-order valence-corrected chi connectivity index (χ3v) is 10.5. The van der Waals surface area contributed by atoms with Crippen LogP contribution in [-0.2, 0) is 42.0 Å². The Morgan fingerprint density at radius 3 is 2.47 bits per heavy atom. The summed E-state index contributed by atoms with van der Waals surface area (Å²) in [4.78, 5) is 40.6. The van der Waals surface area contributed by atoms with Gasteiger partial charge >= 0.3 is 5.97 Å². The molecule has 2 amide bonds. The number of methoxy groups -OCH3 is 1. The number of fused-ring (bicyclic) bond motifs is 1. The van der Waals surface area contributed by atoms with Crippen LogP contribution in [-0.4, -0.2) is 66.4 Å². The SMILES string of the molecule is COc1ccc(COC(=O)C2=C(C3CCCS3(=O)=O)CS[C@@H]3[C@H](NC(=O)Cc4ccccc4)C(=O)N23)cc1. The van der Waals surface area contributed by atoms with Crippen molar-refractivity contribution in [1.29, 1.82) is 0 Å². The summed E-state index contributed by atoms with van der Waals surface area (Å²) in [7, 11) is -1.88. The number of amides is 2. The third kappa shape index (κ3) is 5.17. The van der Waals surface area contributed by atoms with Crippen LogP contribution >= 0.6 is 11.8 Å². The van der Waals surface area contributed by atoms with E-state index in [9.17, 15) is 22.8 Å². The number of nitrogens with one attached hydrogen (secondary N) is 1. The van der Waals surface area contributed by atoms with Gasteiger partial charge in [0.15, 0.2) is 9.84 Å². The lowest BCUT2D eigenvalue weighted by atomic mass is 9.99. The van der Waals surface area contributed by atoms with Crippen LogP contribution < -0.4 is 10.1 Å². The molecule has 0 aliphatic carbocycles. The standard InChI is InChI=1S/C27H28N2O7S2/c1-35-19-11-9-18(10-12-19)15-36-27(32)24-20(21-8-5-13-38(21,33)34)16-37-26-23(25(31)29(24)26)28-22(30)14-17-6-3-2-4-7-17/h2-4,6-7,9-12,21,23,26H,5,8,13-16H2,1H3,(H,28,30)/t21?,23-,26-/m1/s1. The molecule has 38 heavy (non-hydrogen) atoms. The number of benzene rings is 2. The van der Waals surface area contributed by atoms with Gasteiger partial charge in [0.2, 0.25) is 5.91 Å². The van der Waals surface area contributed by atoms with Crippen molar-refractivity contribution in [3.05, 3.63) is 77.0 Å². The lowest BCUT2D eigenvalue weighted by molar-refractivity contribution is -0.153. The van der Waals surface area contributed by atoms with Gasteiger partial charge < -0.3 is 14.8 Å². The molecule has 0 radical (unpaired) electrons. The molecule has 2 aromatic rings. The van der Waals surface area contributed by atoms with Crippen LogP contribution in [0.25, 0.3) is 0 Å². The Hall–Kier alpha value is -3.31. The highest BCUT2D eigenvalue weighted by molar-refractivity contribution is 8.00.